The molecule has 0 saturated heterocycles. The van der Waals surface area contributed by atoms with Gasteiger partial charge in [0.15, 0.2) is 0 Å². The van der Waals surface area contributed by atoms with Crippen LogP contribution in [0.4, 0.5) is 4.79 Å². The SMILES string of the molecule is CCOC(=O)NC(C(=O)NCc1ccccc1-c1ccc(Cn2cccn2)cc1)C(C)C. The van der Waals surface area contributed by atoms with Gasteiger partial charge in [-0.25, -0.2) is 4.79 Å². The first kappa shape index (κ1) is 23.1. The van der Waals surface area contributed by atoms with Gasteiger partial charge in [-0.1, -0.05) is 62.4 Å². The molecule has 1 heterocycles. The number of benzene rings is 2. The number of amides is 2. The quantitative estimate of drug-likeness (QED) is 0.533. The minimum atomic E-state index is -0.664. The Balaban J connectivity index is 1.68. The second-order valence-corrected chi connectivity index (χ2v) is 7.86. The van der Waals surface area contributed by atoms with Crippen molar-refractivity contribution in [2.75, 3.05) is 6.61 Å². The number of hydrogen-bond donors (Lipinski definition) is 2. The third-order valence-corrected chi connectivity index (χ3v) is 5.14. The van der Waals surface area contributed by atoms with Crippen molar-refractivity contribution in [2.45, 2.75) is 39.9 Å². The van der Waals surface area contributed by atoms with E-state index >= 15 is 0 Å². The lowest BCUT2D eigenvalue weighted by Gasteiger charge is -2.21. The summed E-state index contributed by atoms with van der Waals surface area (Å²) in [5, 5.41) is 9.85. The van der Waals surface area contributed by atoms with Crippen LogP contribution in [0, 0.1) is 5.92 Å². The first-order valence-electron chi connectivity index (χ1n) is 10.8. The minimum absolute atomic E-state index is 0.0722. The summed E-state index contributed by atoms with van der Waals surface area (Å²) in [4.78, 5) is 24.5. The molecule has 168 valence electrons. The Morgan fingerprint density at radius 3 is 2.47 bits per heavy atom. The predicted molar refractivity (Wildman–Crippen MR) is 124 cm³/mol. The van der Waals surface area contributed by atoms with Gasteiger partial charge in [0.1, 0.15) is 6.04 Å². The van der Waals surface area contributed by atoms with Crippen LogP contribution < -0.4 is 10.6 Å². The molecule has 0 spiro atoms. The number of aromatic nitrogens is 2. The van der Waals surface area contributed by atoms with E-state index in [-0.39, 0.29) is 18.4 Å². The Morgan fingerprint density at radius 1 is 1.06 bits per heavy atom. The van der Waals surface area contributed by atoms with E-state index in [9.17, 15) is 9.59 Å². The molecular formula is C25H30N4O3. The third kappa shape index (κ3) is 6.20. The van der Waals surface area contributed by atoms with Crippen molar-refractivity contribution in [1.29, 1.82) is 0 Å². The molecule has 0 radical (unpaired) electrons. The highest BCUT2D eigenvalue weighted by atomic mass is 16.5. The molecule has 32 heavy (non-hydrogen) atoms. The summed E-state index contributed by atoms with van der Waals surface area (Å²) in [6.07, 6.45) is 3.12. The molecule has 2 aromatic carbocycles. The number of ether oxygens (including phenoxy) is 1. The average Bonchev–Trinajstić information content (AvgIpc) is 3.30. The fourth-order valence-corrected chi connectivity index (χ4v) is 3.45. The van der Waals surface area contributed by atoms with Gasteiger partial charge in [0.05, 0.1) is 13.2 Å². The minimum Gasteiger partial charge on any atom is -0.450 e. The number of carbonyl (C=O) groups excluding carboxylic acids is 2. The van der Waals surface area contributed by atoms with E-state index in [0.29, 0.717) is 6.54 Å². The number of carbonyl (C=O) groups is 2. The summed E-state index contributed by atoms with van der Waals surface area (Å²) >= 11 is 0. The van der Waals surface area contributed by atoms with Gasteiger partial charge >= 0.3 is 6.09 Å². The molecule has 0 fully saturated rings. The second kappa shape index (κ2) is 11.1. The Hall–Kier alpha value is -3.61. The number of nitrogens with one attached hydrogen (secondary N) is 2. The van der Waals surface area contributed by atoms with Gasteiger partial charge in [-0.3, -0.25) is 9.48 Å². The lowest BCUT2D eigenvalue weighted by Crippen LogP contribution is -2.49. The average molecular weight is 435 g/mol. The van der Waals surface area contributed by atoms with Crippen LogP contribution in [0.2, 0.25) is 0 Å². The number of hydrogen-bond acceptors (Lipinski definition) is 4. The number of rotatable bonds is 9. The molecule has 1 atom stereocenters. The zero-order valence-corrected chi connectivity index (χ0v) is 18.7. The summed E-state index contributed by atoms with van der Waals surface area (Å²) in [6, 6.07) is 17.6. The maximum atomic E-state index is 12.8. The Bertz CT molecular complexity index is 1010. The maximum Gasteiger partial charge on any atom is 0.407 e. The molecule has 2 amide bonds. The van der Waals surface area contributed by atoms with E-state index in [0.717, 1.165) is 28.8 Å². The zero-order chi connectivity index (χ0) is 22.9. The number of alkyl carbamates (subject to hydrolysis) is 1. The first-order chi connectivity index (χ1) is 15.5. The Labute approximate surface area is 188 Å². The zero-order valence-electron chi connectivity index (χ0n) is 18.7. The summed E-state index contributed by atoms with van der Waals surface area (Å²) in [7, 11) is 0. The molecule has 3 aromatic rings. The first-order valence-corrected chi connectivity index (χ1v) is 10.8. The molecule has 0 bridgehead atoms. The van der Waals surface area contributed by atoms with Crippen molar-refractivity contribution in [1.82, 2.24) is 20.4 Å². The third-order valence-electron chi connectivity index (χ3n) is 5.14. The van der Waals surface area contributed by atoms with Crippen LogP contribution in [-0.2, 0) is 22.6 Å². The molecule has 0 saturated carbocycles. The molecule has 7 heteroatoms. The molecule has 1 aromatic heterocycles. The lowest BCUT2D eigenvalue weighted by molar-refractivity contribution is -0.124. The van der Waals surface area contributed by atoms with Crippen molar-refractivity contribution in [3.8, 4) is 11.1 Å². The molecule has 0 aliphatic rings. The molecule has 3 rings (SSSR count). The van der Waals surface area contributed by atoms with E-state index in [1.54, 1.807) is 13.1 Å². The van der Waals surface area contributed by atoms with Crippen LogP contribution in [0.25, 0.3) is 11.1 Å². The topological polar surface area (TPSA) is 85.2 Å². The summed E-state index contributed by atoms with van der Waals surface area (Å²) in [6.45, 7) is 6.83. The van der Waals surface area contributed by atoms with Crippen molar-refractivity contribution in [3.63, 3.8) is 0 Å². The van der Waals surface area contributed by atoms with E-state index in [2.05, 4.69) is 40.0 Å². The highest BCUT2D eigenvalue weighted by molar-refractivity contribution is 5.86. The largest absolute Gasteiger partial charge is 0.450 e. The van der Waals surface area contributed by atoms with Gasteiger partial charge < -0.3 is 15.4 Å². The van der Waals surface area contributed by atoms with Crippen LogP contribution in [0.1, 0.15) is 31.9 Å². The highest BCUT2D eigenvalue weighted by Gasteiger charge is 2.24. The van der Waals surface area contributed by atoms with Crippen LogP contribution in [0.3, 0.4) is 0 Å². The van der Waals surface area contributed by atoms with Crippen molar-refractivity contribution >= 4 is 12.0 Å². The molecule has 0 aliphatic carbocycles. The van der Waals surface area contributed by atoms with Crippen LogP contribution in [0.5, 0.6) is 0 Å². The van der Waals surface area contributed by atoms with E-state index in [4.69, 9.17) is 4.74 Å². The van der Waals surface area contributed by atoms with Gasteiger partial charge in [-0.05, 0) is 41.2 Å². The van der Waals surface area contributed by atoms with Crippen molar-refractivity contribution in [2.24, 2.45) is 5.92 Å². The molecule has 7 nitrogen and oxygen atoms in total. The molecule has 0 aliphatic heterocycles. The van der Waals surface area contributed by atoms with Crippen LogP contribution >= 0.6 is 0 Å². The van der Waals surface area contributed by atoms with Crippen LogP contribution in [0.15, 0.2) is 67.0 Å². The standard InChI is InChI=1S/C25H30N4O3/c1-4-32-25(31)28-23(18(2)3)24(30)26-16-21-8-5-6-9-22(21)20-12-10-19(11-13-20)17-29-15-7-14-27-29/h5-15,18,23H,4,16-17H2,1-3H3,(H,26,30)(H,28,31). The predicted octanol–water partition coefficient (Wildman–Crippen LogP) is 3.99. The molecule has 1 unspecified atom stereocenters. The smallest absolute Gasteiger partial charge is 0.407 e. The maximum absolute atomic E-state index is 12.8. The van der Waals surface area contributed by atoms with Gasteiger partial charge in [-0.2, -0.15) is 5.10 Å². The fraction of sp³-hybridized carbons (Fsp3) is 0.320. The van der Waals surface area contributed by atoms with Crippen molar-refractivity contribution < 1.29 is 14.3 Å². The highest BCUT2D eigenvalue weighted by Crippen LogP contribution is 2.24. The monoisotopic (exact) mass is 434 g/mol. The molecule has 2 N–H and O–H groups in total. The van der Waals surface area contributed by atoms with E-state index < -0.39 is 12.1 Å². The van der Waals surface area contributed by atoms with Gasteiger partial charge in [0.2, 0.25) is 5.91 Å². The van der Waals surface area contributed by atoms with Crippen LogP contribution in [-0.4, -0.2) is 34.4 Å². The molecular weight excluding hydrogens is 404 g/mol. The summed E-state index contributed by atoms with van der Waals surface area (Å²) in [5.41, 5.74) is 4.29. The van der Waals surface area contributed by atoms with E-state index in [1.807, 2.05) is 55.1 Å². The fourth-order valence-electron chi connectivity index (χ4n) is 3.45. The van der Waals surface area contributed by atoms with Crippen molar-refractivity contribution in [3.05, 3.63) is 78.1 Å². The van der Waals surface area contributed by atoms with Gasteiger partial charge in [-0.15, -0.1) is 0 Å². The lowest BCUT2D eigenvalue weighted by atomic mass is 9.98. The summed E-state index contributed by atoms with van der Waals surface area (Å²) < 4.78 is 6.80. The van der Waals surface area contributed by atoms with Gasteiger partial charge in [0.25, 0.3) is 0 Å². The van der Waals surface area contributed by atoms with E-state index in [1.165, 1.54) is 0 Å². The summed E-state index contributed by atoms with van der Waals surface area (Å²) in [5.74, 6) is -0.311. The Morgan fingerprint density at radius 2 is 1.81 bits per heavy atom. The number of nitrogens with zero attached hydrogens (tertiary/aromatic N) is 2. The normalized spacial score (nSPS) is 11.8. The Kier molecular flexibility index (Phi) is 8.02. The van der Waals surface area contributed by atoms with Gasteiger partial charge in [0, 0.05) is 18.9 Å². The second-order valence-electron chi connectivity index (χ2n) is 7.86.